The highest BCUT2D eigenvalue weighted by molar-refractivity contribution is 5.97. The van der Waals surface area contributed by atoms with Crippen LogP contribution in [0, 0.1) is 0 Å². The van der Waals surface area contributed by atoms with Crippen molar-refractivity contribution in [1.29, 1.82) is 0 Å². The smallest absolute Gasteiger partial charge is 0.168 e. The molecule has 2 rings (SSSR count). The predicted octanol–water partition coefficient (Wildman–Crippen LogP) is 2.30. The van der Waals surface area contributed by atoms with Gasteiger partial charge >= 0.3 is 0 Å². The van der Waals surface area contributed by atoms with E-state index < -0.39 is 0 Å². The zero-order valence-corrected chi connectivity index (χ0v) is 10.2. The minimum atomic E-state index is 0.0387. The molecule has 0 bridgehead atoms. The van der Waals surface area contributed by atoms with Gasteiger partial charge in [-0.1, -0.05) is 0 Å². The van der Waals surface area contributed by atoms with Crippen molar-refractivity contribution in [3.05, 3.63) is 54.1 Å². The minimum absolute atomic E-state index is 0.0387. The van der Waals surface area contributed by atoms with Crippen LogP contribution in [0.15, 0.2) is 42.9 Å². The first-order valence-electron chi connectivity index (χ1n) is 5.80. The van der Waals surface area contributed by atoms with Crippen LogP contribution in [-0.2, 0) is 6.42 Å². The maximum atomic E-state index is 12.0. The lowest BCUT2D eigenvalue weighted by Gasteiger charge is -2.04. The summed E-state index contributed by atoms with van der Waals surface area (Å²) in [6.45, 7) is 2.54. The minimum Gasteiger partial charge on any atom is -0.494 e. The molecule has 0 aliphatic heterocycles. The summed E-state index contributed by atoms with van der Waals surface area (Å²) in [6.07, 6.45) is 3.37. The fraction of sp³-hybridized carbons (Fsp3) is 0.214. The third kappa shape index (κ3) is 3.13. The Morgan fingerprint density at radius 1 is 1.22 bits per heavy atom. The van der Waals surface area contributed by atoms with Crippen molar-refractivity contribution in [2.75, 3.05) is 6.61 Å². The fourth-order valence-electron chi connectivity index (χ4n) is 1.59. The second-order valence-electron chi connectivity index (χ2n) is 3.76. The molecule has 0 unspecified atom stereocenters. The van der Waals surface area contributed by atoms with E-state index in [1.807, 2.05) is 6.92 Å². The average molecular weight is 242 g/mol. The Labute approximate surface area is 106 Å². The zero-order valence-electron chi connectivity index (χ0n) is 10.2. The second-order valence-corrected chi connectivity index (χ2v) is 3.76. The summed E-state index contributed by atoms with van der Waals surface area (Å²) >= 11 is 0. The molecule has 1 heterocycles. The normalized spacial score (nSPS) is 10.1. The van der Waals surface area contributed by atoms with Crippen LogP contribution >= 0.6 is 0 Å². The lowest BCUT2D eigenvalue weighted by atomic mass is 10.1. The van der Waals surface area contributed by atoms with Crippen molar-refractivity contribution >= 4 is 5.78 Å². The molecule has 18 heavy (non-hydrogen) atoms. The number of ether oxygens (including phenoxy) is 1. The van der Waals surface area contributed by atoms with Gasteiger partial charge in [0, 0.05) is 11.8 Å². The average Bonchev–Trinajstić information content (AvgIpc) is 2.41. The number of nitrogens with zero attached hydrogens (tertiary/aromatic N) is 2. The van der Waals surface area contributed by atoms with Crippen LogP contribution in [0.3, 0.4) is 0 Å². The van der Waals surface area contributed by atoms with Gasteiger partial charge in [0.1, 0.15) is 12.1 Å². The third-order valence-electron chi connectivity index (χ3n) is 2.47. The molecule has 1 aromatic carbocycles. The van der Waals surface area contributed by atoms with Crippen LogP contribution in [0.5, 0.6) is 5.75 Å². The first-order chi connectivity index (χ1) is 8.79. The first-order valence-corrected chi connectivity index (χ1v) is 5.80. The number of benzene rings is 1. The van der Waals surface area contributed by atoms with Crippen molar-refractivity contribution < 1.29 is 9.53 Å². The summed E-state index contributed by atoms with van der Waals surface area (Å²) in [5.41, 5.74) is 1.39. The molecule has 1 aromatic heterocycles. The molecule has 0 saturated heterocycles. The number of aromatic nitrogens is 2. The molecule has 2 aromatic rings. The van der Waals surface area contributed by atoms with Crippen LogP contribution in [0.25, 0.3) is 0 Å². The van der Waals surface area contributed by atoms with Gasteiger partial charge in [-0.25, -0.2) is 9.97 Å². The van der Waals surface area contributed by atoms with Gasteiger partial charge in [0.15, 0.2) is 5.78 Å². The molecule has 0 saturated carbocycles. The van der Waals surface area contributed by atoms with E-state index in [0.717, 1.165) is 11.4 Å². The quantitative estimate of drug-likeness (QED) is 0.755. The highest BCUT2D eigenvalue weighted by Crippen LogP contribution is 2.13. The Morgan fingerprint density at radius 3 is 2.61 bits per heavy atom. The molecular weight excluding hydrogens is 228 g/mol. The summed E-state index contributed by atoms with van der Waals surface area (Å²) in [5, 5.41) is 0. The summed E-state index contributed by atoms with van der Waals surface area (Å²) in [4.78, 5) is 19.8. The molecule has 4 nitrogen and oxygen atoms in total. The molecule has 0 spiro atoms. The topological polar surface area (TPSA) is 52.1 Å². The molecule has 0 N–H and O–H groups in total. The number of hydrogen-bond donors (Lipinski definition) is 0. The number of ketones is 1. The summed E-state index contributed by atoms with van der Waals surface area (Å²) in [7, 11) is 0. The van der Waals surface area contributed by atoms with Gasteiger partial charge in [-0.05, 0) is 37.3 Å². The van der Waals surface area contributed by atoms with Gasteiger partial charge in [-0.3, -0.25) is 4.79 Å². The Bertz CT molecular complexity index is 509. The lowest BCUT2D eigenvalue weighted by Crippen LogP contribution is -2.05. The van der Waals surface area contributed by atoms with Gasteiger partial charge in [0.05, 0.1) is 18.7 Å². The largest absolute Gasteiger partial charge is 0.494 e. The molecule has 0 atom stereocenters. The number of Topliss-reactive ketones (excluding diaryl/α,β-unsaturated/α-hetero) is 1. The van der Waals surface area contributed by atoms with Crippen molar-refractivity contribution in [2.45, 2.75) is 13.3 Å². The number of hydrogen-bond acceptors (Lipinski definition) is 4. The van der Waals surface area contributed by atoms with Crippen molar-refractivity contribution in [1.82, 2.24) is 9.97 Å². The number of rotatable bonds is 5. The van der Waals surface area contributed by atoms with Crippen LogP contribution < -0.4 is 4.74 Å². The molecule has 0 radical (unpaired) electrons. The van der Waals surface area contributed by atoms with E-state index >= 15 is 0 Å². The maximum Gasteiger partial charge on any atom is 0.168 e. The maximum absolute atomic E-state index is 12.0. The Kier molecular flexibility index (Phi) is 4.02. The molecule has 0 aliphatic carbocycles. The second kappa shape index (κ2) is 5.91. The van der Waals surface area contributed by atoms with Crippen molar-refractivity contribution in [3.8, 4) is 5.75 Å². The summed E-state index contributed by atoms with van der Waals surface area (Å²) < 4.78 is 5.33. The van der Waals surface area contributed by atoms with Crippen LogP contribution in [0.1, 0.15) is 23.0 Å². The number of carbonyl (C=O) groups is 1. The van der Waals surface area contributed by atoms with Gasteiger partial charge in [0.2, 0.25) is 0 Å². The van der Waals surface area contributed by atoms with E-state index in [1.54, 1.807) is 36.5 Å². The standard InChI is InChI=1S/C14H14N2O2/c1-2-18-13-5-3-11(4-6-13)14(17)9-12-7-8-15-10-16-12/h3-8,10H,2,9H2,1H3. The van der Waals surface area contributed by atoms with Gasteiger partial charge in [-0.15, -0.1) is 0 Å². The van der Waals surface area contributed by atoms with Crippen molar-refractivity contribution in [3.63, 3.8) is 0 Å². The predicted molar refractivity (Wildman–Crippen MR) is 67.7 cm³/mol. The molecular formula is C14H14N2O2. The zero-order chi connectivity index (χ0) is 12.8. The Hall–Kier alpha value is -2.23. The molecule has 0 fully saturated rings. The van der Waals surface area contributed by atoms with Crippen LogP contribution in [-0.4, -0.2) is 22.4 Å². The van der Waals surface area contributed by atoms with Gasteiger partial charge in [-0.2, -0.15) is 0 Å². The molecule has 4 heteroatoms. The van der Waals surface area contributed by atoms with E-state index in [4.69, 9.17) is 4.74 Å². The summed E-state index contributed by atoms with van der Waals surface area (Å²) in [6, 6.07) is 8.89. The highest BCUT2D eigenvalue weighted by Gasteiger charge is 2.07. The fourth-order valence-corrected chi connectivity index (χ4v) is 1.59. The number of carbonyl (C=O) groups excluding carboxylic acids is 1. The highest BCUT2D eigenvalue weighted by atomic mass is 16.5. The van der Waals surface area contributed by atoms with Crippen LogP contribution in [0.2, 0.25) is 0 Å². The Morgan fingerprint density at radius 2 is 2.00 bits per heavy atom. The molecule has 92 valence electrons. The van der Waals surface area contributed by atoms with Crippen LogP contribution in [0.4, 0.5) is 0 Å². The molecule has 0 amide bonds. The first kappa shape index (κ1) is 12.2. The monoisotopic (exact) mass is 242 g/mol. The van der Waals surface area contributed by atoms with Gasteiger partial charge < -0.3 is 4.74 Å². The van der Waals surface area contributed by atoms with E-state index in [1.165, 1.54) is 6.33 Å². The SMILES string of the molecule is CCOc1ccc(C(=O)Cc2ccncn2)cc1. The van der Waals surface area contributed by atoms with E-state index in [9.17, 15) is 4.79 Å². The lowest BCUT2D eigenvalue weighted by molar-refractivity contribution is 0.0992. The van der Waals surface area contributed by atoms with E-state index in [2.05, 4.69) is 9.97 Å². The van der Waals surface area contributed by atoms with Crippen molar-refractivity contribution in [2.24, 2.45) is 0 Å². The van der Waals surface area contributed by atoms with E-state index in [-0.39, 0.29) is 12.2 Å². The Balaban J connectivity index is 2.05. The van der Waals surface area contributed by atoms with Gasteiger partial charge in [0.25, 0.3) is 0 Å². The van der Waals surface area contributed by atoms with E-state index in [0.29, 0.717) is 12.2 Å². The molecule has 0 aliphatic rings. The summed E-state index contributed by atoms with van der Waals surface area (Å²) in [5.74, 6) is 0.813. The third-order valence-corrected chi connectivity index (χ3v) is 2.47.